The van der Waals surface area contributed by atoms with Crippen LogP contribution in [0.3, 0.4) is 0 Å². The number of hydrogen-bond acceptors (Lipinski definition) is 6. The van der Waals surface area contributed by atoms with Gasteiger partial charge in [-0.3, -0.25) is 0 Å². The minimum Gasteiger partial charge on any atom is -0.507 e. The number of phenols is 1. The van der Waals surface area contributed by atoms with E-state index < -0.39 is 0 Å². The summed E-state index contributed by atoms with van der Waals surface area (Å²) in [5, 5.41) is 12.2. The number of rotatable bonds is 1. The molecule has 0 aliphatic carbocycles. The Bertz CT molecular complexity index is 829. The van der Waals surface area contributed by atoms with Crippen molar-refractivity contribution in [2.45, 2.75) is 6.92 Å². The van der Waals surface area contributed by atoms with Gasteiger partial charge in [0.2, 0.25) is 6.79 Å². The van der Waals surface area contributed by atoms with E-state index in [4.69, 9.17) is 9.47 Å². The number of nitrogens with zero attached hydrogens (tertiary/aromatic N) is 2. The summed E-state index contributed by atoms with van der Waals surface area (Å²) in [5.74, 6) is 1.98. The first-order valence-corrected chi connectivity index (χ1v) is 6.95. The summed E-state index contributed by atoms with van der Waals surface area (Å²) in [6.45, 7) is 2.01. The molecule has 0 unspecified atom stereocenters. The molecule has 0 bridgehead atoms. The average Bonchev–Trinajstić information content (AvgIpc) is 3.04. The highest BCUT2D eigenvalue weighted by Crippen LogP contribution is 2.43. The first-order chi connectivity index (χ1) is 9.72. The van der Waals surface area contributed by atoms with E-state index >= 15 is 0 Å². The number of aromatic hydroxyl groups is 1. The minimum absolute atomic E-state index is 0.127. The van der Waals surface area contributed by atoms with Crippen LogP contribution in [0.4, 0.5) is 0 Å². The number of aryl methyl sites for hydroxylation is 1. The standard InChI is InChI=1S/C14H10N2O3S/c1-7-15-9-2-3-20-14(9)13(16-7)8-4-11-12(5-10(8)17)19-6-18-11/h2-5,17H,6H2,1H3. The Hall–Kier alpha value is -2.34. The van der Waals surface area contributed by atoms with Crippen LogP contribution < -0.4 is 9.47 Å². The number of ether oxygens (including phenoxy) is 2. The van der Waals surface area contributed by atoms with Crippen molar-refractivity contribution in [1.29, 1.82) is 0 Å². The maximum absolute atomic E-state index is 10.2. The van der Waals surface area contributed by atoms with Crippen molar-refractivity contribution < 1.29 is 14.6 Å². The fourth-order valence-electron chi connectivity index (χ4n) is 2.28. The van der Waals surface area contributed by atoms with E-state index in [1.54, 1.807) is 23.5 Å². The van der Waals surface area contributed by atoms with E-state index in [9.17, 15) is 5.11 Å². The van der Waals surface area contributed by atoms with Gasteiger partial charge in [0.15, 0.2) is 11.5 Å². The van der Waals surface area contributed by atoms with Crippen LogP contribution in [0.5, 0.6) is 17.2 Å². The second-order valence-electron chi connectivity index (χ2n) is 4.48. The molecule has 1 aliphatic heterocycles. The van der Waals surface area contributed by atoms with Crippen LogP contribution in [0.25, 0.3) is 21.5 Å². The van der Waals surface area contributed by atoms with Gasteiger partial charge in [-0.2, -0.15) is 0 Å². The molecule has 0 spiro atoms. The number of thiophene rings is 1. The molecule has 3 heterocycles. The lowest BCUT2D eigenvalue weighted by atomic mass is 10.1. The lowest BCUT2D eigenvalue weighted by Crippen LogP contribution is -1.93. The van der Waals surface area contributed by atoms with Crippen molar-refractivity contribution in [3.05, 3.63) is 29.4 Å². The van der Waals surface area contributed by atoms with Crippen LogP contribution >= 0.6 is 11.3 Å². The van der Waals surface area contributed by atoms with Crippen LogP contribution in [0.1, 0.15) is 5.82 Å². The number of benzene rings is 1. The van der Waals surface area contributed by atoms with E-state index in [2.05, 4.69) is 9.97 Å². The number of hydrogen-bond donors (Lipinski definition) is 1. The molecule has 0 amide bonds. The second kappa shape index (κ2) is 4.08. The lowest BCUT2D eigenvalue weighted by Gasteiger charge is -2.07. The van der Waals surface area contributed by atoms with Gasteiger partial charge in [0.05, 0.1) is 15.9 Å². The Morgan fingerprint density at radius 3 is 2.85 bits per heavy atom. The van der Waals surface area contributed by atoms with Gasteiger partial charge in [0.25, 0.3) is 0 Å². The first-order valence-electron chi connectivity index (χ1n) is 6.07. The molecule has 2 aromatic heterocycles. The van der Waals surface area contributed by atoms with Gasteiger partial charge < -0.3 is 14.6 Å². The van der Waals surface area contributed by atoms with Crippen LogP contribution in [0.15, 0.2) is 23.6 Å². The van der Waals surface area contributed by atoms with Crippen molar-refractivity contribution in [2.75, 3.05) is 6.79 Å². The number of phenolic OH excluding ortho intramolecular Hbond substituents is 1. The molecule has 100 valence electrons. The molecule has 1 aliphatic rings. The third-order valence-electron chi connectivity index (χ3n) is 3.16. The zero-order valence-corrected chi connectivity index (χ0v) is 11.4. The zero-order valence-electron chi connectivity index (χ0n) is 10.6. The molecule has 0 radical (unpaired) electrons. The fourth-order valence-corrected chi connectivity index (χ4v) is 3.12. The van der Waals surface area contributed by atoms with Crippen molar-refractivity contribution in [2.24, 2.45) is 0 Å². The van der Waals surface area contributed by atoms with Gasteiger partial charge in [-0.1, -0.05) is 0 Å². The maximum Gasteiger partial charge on any atom is 0.231 e. The second-order valence-corrected chi connectivity index (χ2v) is 5.39. The molecule has 0 fully saturated rings. The van der Waals surface area contributed by atoms with E-state index in [0.717, 1.165) is 15.9 Å². The molecule has 4 rings (SSSR count). The van der Waals surface area contributed by atoms with Crippen LogP contribution in [0.2, 0.25) is 0 Å². The van der Waals surface area contributed by atoms with E-state index in [-0.39, 0.29) is 12.5 Å². The Kier molecular flexibility index (Phi) is 2.34. The van der Waals surface area contributed by atoms with E-state index in [0.29, 0.717) is 22.9 Å². The molecule has 0 saturated heterocycles. The number of fused-ring (bicyclic) bond motifs is 2. The SMILES string of the molecule is Cc1nc(-c2cc3c(cc2O)OCO3)c2sccc2n1. The van der Waals surface area contributed by atoms with Crippen LogP contribution in [-0.2, 0) is 0 Å². The van der Waals surface area contributed by atoms with Gasteiger partial charge in [-0.25, -0.2) is 9.97 Å². The van der Waals surface area contributed by atoms with Gasteiger partial charge in [0, 0.05) is 11.6 Å². The minimum atomic E-state index is 0.127. The van der Waals surface area contributed by atoms with Crippen molar-refractivity contribution in [3.63, 3.8) is 0 Å². The predicted molar refractivity (Wildman–Crippen MR) is 75.4 cm³/mol. The first kappa shape index (κ1) is 11.5. The Labute approximate surface area is 118 Å². The van der Waals surface area contributed by atoms with E-state index in [1.165, 1.54) is 0 Å². The molecule has 0 saturated carbocycles. The highest BCUT2D eigenvalue weighted by atomic mass is 32.1. The molecule has 6 heteroatoms. The Morgan fingerprint density at radius 2 is 2.00 bits per heavy atom. The molecular weight excluding hydrogens is 276 g/mol. The van der Waals surface area contributed by atoms with Crippen LogP contribution in [-0.4, -0.2) is 21.9 Å². The smallest absolute Gasteiger partial charge is 0.231 e. The molecule has 20 heavy (non-hydrogen) atoms. The third-order valence-corrected chi connectivity index (χ3v) is 4.07. The van der Waals surface area contributed by atoms with Crippen molar-refractivity contribution in [1.82, 2.24) is 9.97 Å². The summed E-state index contributed by atoms with van der Waals surface area (Å²) in [5.41, 5.74) is 2.24. The predicted octanol–water partition coefficient (Wildman–Crippen LogP) is 3.10. The summed E-state index contributed by atoms with van der Waals surface area (Å²) < 4.78 is 11.6. The molecule has 1 aromatic carbocycles. The topological polar surface area (TPSA) is 64.5 Å². The van der Waals surface area contributed by atoms with Gasteiger partial charge in [-0.15, -0.1) is 11.3 Å². The molecular formula is C14H10N2O3S. The lowest BCUT2D eigenvalue weighted by molar-refractivity contribution is 0.174. The molecule has 0 atom stereocenters. The van der Waals surface area contributed by atoms with Crippen molar-refractivity contribution in [3.8, 4) is 28.5 Å². The largest absolute Gasteiger partial charge is 0.507 e. The molecule has 5 nitrogen and oxygen atoms in total. The highest BCUT2D eigenvalue weighted by molar-refractivity contribution is 7.17. The summed E-state index contributed by atoms with van der Waals surface area (Å²) in [6, 6.07) is 5.27. The maximum atomic E-state index is 10.2. The normalized spacial score (nSPS) is 13.1. The van der Waals surface area contributed by atoms with Crippen molar-refractivity contribution >= 4 is 21.6 Å². The zero-order chi connectivity index (χ0) is 13.7. The summed E-state index contributed by atoms with van der Waals surface area (Å²) in [7, 11) is 0. The summed E-state index contributed by atoms with van der Waals surface area (Å²) in [6.07, 6.45) is 0. The fraction of sp³-hybridized carbons (Fsp3) is 0.143. The average molecular weight is 286 g/mol. The quantitative estimate of drug-likeness (QED) is 0.744. The van der Waals surface area contributed by atoms with E-state index in [1.807, 2.05) is 18.4 Å². The highest BCUT2D eigenvalue weighted by Gasteiger charge is 2.20. The Balaban J connectivity index is 2.02. The Morgan fingerprint density at radius 1 is 1.20 bits per heavy atom. The van der Waals surface area contributed by atoms with Crippen LogP contribution in [0, 0.1) is 6.92 Å². The van der Waals surface area contributed by atoms with Gasteiger partial charge in [0.1, 0.15) is 11.6 Å². The molecule has 3 aromatic rings. The van der Waals surface area contributed by atoms with Gasteiger partial charge >= 0.3 is 0 Å². The third kappa shape index (κ3) is 1.61. The monoisotopic (exact) mass is 286 g/mol. The molecule has 1 N–H and O–H groups in total. The summed E-state index contributed by atoms with van der Waals surface area (Å²) in [4.78, 5) is 8.86. The van der Waals surface area contributed by atoms with Gasteiger partial charge in [-0.05, 0) is 24.4 Å². The summed E-state index contributed by atoms with van der Waals surface area (Å²) >= 11 is 1.55. The number of aromatic nitrogens is 2.